The molecule has 0 saturated heterocycles. The third-order valence-corrected chi connectivity index (χ3v) is 3.38. The van der Waals surface area contributed by atoms with Crippen molar-refractivity contribution in [1.82, 2.24) is 0 Å². The molecule has 0 heterocycles. The fraction of sp³-hybridized carbons (Fsp3) is 0.111. The van der Waals surface area contributed by atoms with Gasteiger partial charge in [-0.1, -0.05) is 29.8 Å². The van der Waals surface area contributed by atoms with Crippen LogP contribution in [0, 0.1) is 5.82 Å². The summed E-state index contributed by atoms with van der Waals surface area (Å²) in [7, 11) is 1.48. The van der Waals surface area contributed by atoms with Crippen LogP contribution >= 0.6 is 11.6 Å². The van der Waals surface area contributed by atoms with Gasteiger partial charge in [-0.2, -0.15) is 0 Å². The quantitative estimate of drug-likeness (QED) is 0.628. The van der Waals surface area contributed by atoms with Crippen molar-refractivity contribution in [3.05, 3.63) is 64.9 Å². The maximum absolute atomic E-state index is 13.4. The second-order valence-corrected chi connectivity index (χ2v) is 5.27. The molecule has 2 rings (SSSR count). The van der Waals surface area contributed by atoms with Crippen molar-refractivity contribution in [2.24, 2.45) is 0 Å². The molecule has 0 bridgehead atoms. The summed E-state index contributed by atoms with van der Waals surface area (Å²) >= 11 is 5.95. The molecule has 0 radical (unpaired) electrons. The van der Waals surface area contributed by atoms with Crippen LogP contribution < -0.4 is 10.1 Å². The van der Waals surface area contributed by atoms with Gasteiger partial charge in [-0.25, -0.2) is 9.18 Å². The van der Waals surface area contributed by atoms with Crippen LogP contribution in [0.25, 0.3) is 6.08 Å². The van der Waals surface area contributed by atoms with E-state index >= 15 is 0 Å². The van der Waals surface area contributed by atoms with E-state index in [0.29, 0.717) is 16.5 Å². The van der Waals surface area contributed by atoms with E-state index in [1.54, 1.807) is 24.3 Å². The number of ether oxygens (including phenoxy) is 2. The second-order valence-electron chi connectivity index (χ2n) is 4.86. The van der Waals surface area contributed by atoms with E-state index in [4.69, 9.17) is 21.1 Å². The minimum Gasteiger partial charge on any atom is -0.495 e. The molecule has 1 N–H and O–H groups in total. The van der Waals surface area contributed by atoms with Gasteiger partial charge >= 0.3 is 5.97 Å². The first-order valence-corrected chi connectivity index (χ1v) is 7.60. The van der Waals surface area contributed by atoms with Crippen molar-refractivity contribution < 1.29 is 23.5 Å². The van der Waals surface area contributed by atoms with Gasteiger partial charge in [-0.05, 0) is 30.3 Å². The summed E-state index contributed by atoms with van der Waals surface area (Å²) in [6, 6.07) is 10.7. The standard InChI is InChI=1S/C18H15ClFNO4/c1-24-16-8-7-13(10-14(16)19)21-17(22)11-25-18(23)9-6-12-4-2-3-5-15(12)20/h2-10H,11H2,1H3,(H,21,22)/b9-6+. The topological polar surface area (TPSA) is 64.6 Å². The normalized spacial score (nSPS) is 10.5. The Labute approximate surface area is 149 Å². The van der Waals surface area contributed by atoms with Gasteiger partial charge in [-0.3, -0.25) is 4.79 Å². The Morgan fingerprint density at radius 1 is 1.24 bits per heavy atom. The molecule has 2 aromatic carbocycles. The Hall–Kier alpha value is -2.86. The molecule has 0 spiro atoms. The van der Waals surface area contributed by atoms with Gasteiger partial charge in [0.1, 0.15) is 11.6 Å². The summed E-state index contributed by atoms with van der Waals surface area (Å²) in [6.07, 6.45) is 2.33. The van der Waals surface area contributed by atoms with E-state index in [0.717, 1.165) is 6.08 Å². The molecule has 0 unspecified atom stereocenters. The van der Waals surface area contributed by atoms with Gasteiger partial charge in [0.25, 0.3) is 5.91 Å². The Morgan fingerprint density at radius 3 is 2.68 bits per heavy atom. The number of amides is 1. The van der Waals surface area contributed by atoms with E-state index < -0.39 is 24.3 Å². The highest BCUT2D eigenvalue weighted by molar-refractivity contribution is 6.32. The zero-order valence-electron chi connectivity index (χ0n) is 13.3. The fourth-order valence-corrected chi connectivity index (χ4v) is 2.15. The number of halogens is 2. The second kappa shape index (κ2) is 8.84. The number of benzene rings is 2. The predicted molar refractivity (Wildman–Crippen MR) is 93.0 cm³/mol. The lowest BCUT2D eigenvalue weighted by atomic mass is 10.2. The fourth-order valence-electron chi connectivity index (χ4n) is 1.89. The molecule has 2 aromatic rings. The Morgan fingerprint density at radius 2 is 2.00 bits per heavy atom. The van der Waals surface area contributed by atoms with E-state index in [9.17, 15) is 14.0 Å². The largest absolute Gasteiger partial charge is 0.495 e. The number of esters is 1. The maximum Gasteiger partial charge on any atom is 0.331 e. The Kier molecular flexibility index (Phi) is 6.54. The number of hydrogen-bond donors (Lipinski definition) is 1. The molecule has 0 aliphatic heterocycles. The first kappa shape index (κ1) is 18.5. The molecular weight excluding hydrogens is 349 g/mol. The highest BCUT2D eigenvalue weighted by Gasteiger charge is 2.08. The SMILES string of the molecule is COc1ccc(NC(=O)COC(=O)/C=C/c2ccccc2F)cc1Cl. The minimum absolute atomic E-state index is 0.247. The average molecular weight is 364 g/mol. The van der Waals surface area contributed by atoms with Crippen molar-refractivity contribution in [2.75, 3.05) is 19.0 Å². The van der Waals surface area contributed by atoms with Gasteiger partial charge in [-0.15, -0.1) is 0 Å². The molecule has 5 nitrogen and oxygen atoms in total. The van der Waals surface area contributed by atoms with Gasteiger partial charge in [0.05, 0.1) is 12.1 Å². The van der Waals surface area contributed by atoms with Crippen LogP contribution in [0.2, 0.25) is 5.02 Å². The lowest BCUT2D eigenvalue weighted by Crippen LogP contribution is -2.20. The first-order chi connectivity index (χ1) is 12.0. The summed E-state index contributed by atoms with van der Waals surface area (Å²) in [4.78, 5) is 23.3. The van der Waals surface area contributed by atoms with E-state index in [1.165, 1.54) is 31.4 Å². The molecule has 0 aliphatic carbocycles. The Bertz CT molecular complexity index is 807. The molecule has 0 aliphatic rings. The molecule has 130 valence electrons. The molecule has 0 aromatic heterocycles. The van der Waals surface area contributed by atoms with E-state index in [1.807, 2.05) is 0 Å². The van der Waals surface area contributed by atoms with Crippen LogP contribution in [0.3, 0.4) is 0 Å². The van der Waals surface area contributed by atoms with Crippen LogP contribution in [0.1, 0.15) is 5.56 Å². The number of anilines is 1. The van der Waals surface area contributed by atoms with Crippen molar-refractivity contribution in [1.29, 1.82) is 0 Å². The molecule has 25 heavy (non-hydrogen) atoms. The van der Waals surface area contributed by atoms with Crippen molar-refractivity contribution >= 4 is 35.2 Å². The minimum atomic E-state index is -0.758. The molecule has 7 heteroatoms. The first-order valence-electron chi connectivity index (χ1n) is 7.22. The zero-order chi connectivity index (χ0) is 18.2. The lowest BCUT2D eigenvalue weighted by Gasteiger charge is -2.08. The van der Waals surface area contributed by atoms with Gasteiger partial charge in [0.15, 0.2) is 6.61 Å². The summed E-state index contributed by atoms with van der Waals surface area (Å²) in [5.74, 6) is -1.27. The third-order valence-electron chi connectivity index (χ3n) is 3.09. The molecule has 0 atom stereocenters. The van der Waals surface area contributed by atoms with Crippen LogP contribution in [0.5, 0.6) is 5.75 Å². The van der Waals surface area contributed by atoms with E-state index in [-0.39, 0.29) is 5.56 Å². The zero-order valence-corrected chi connectivity index (χ0v) is 14.0. The monoisotopic (exact) mass is 363 g/mol. The number of rotatable bonds is 6. The molecule has 1 amide bonds. The molecule has 0 fully saturated rings. The number of carbonyl (C=O) groups excluding carboxylic acids is 2. The number of carbonyl (C=O) groups is 2. The highest BCUT2D eigenvalue weighted by atomic mass is 35.5. The third kappa shape index (κ3) is 5.61. The van der Waals surface area contributed by atoms with Gasteiger partial charge < -0.3 is 14.8 Å². The van der Waals surface area contributed by atoms with Crippen LogP contribution in [-0.4, -0.2) is 25.6 Å². The van der Waals surface area contributed by atoms with Crippen molar-refractivity contribution in [3.8, 4) is 5.75 Å². The summed E-state index contributed by atoms with van der Waals surface area (Å²) in [5.41, 5.74) is 0.686. The smallest absolute Gasteiger partial charge is 0.331 e. The van der Waals surface area contributed by atoms with Crippen LogP contribution in [0.15, 0.2) is 48.5 Å². The lowest BCUT2D eigenvalue weighted by molar-refractivity contribution is -0.142. The maximum atomic E-state index is 13.4. The summed E-state index contributed by atoms with van der Waals surface area (Å²) in [5, 5.41) is 2.87. The number of nitrogens with one attached hydrogen (secondary N) is 1. The van der Waals surface area contributed by atoms with Gasteiger partial charge in [0, 0.05) is 17.3 Å². The van der Waals surface area contributed by atoms with E-state index in [2.05, 4.69) is 5.32 Å². The summed E-state index contributed by atoms with van der Waals surface area (Å²) < 4.78 is 23.2. The highest BCUT2D eigenvalue weighted by Crippen LogP contribution is 2.27. The van der Waals surface area contributed by atoms with Crippen LogP contribution in [-0.2, 0) is 14.3 Å². The average Bonchev–Trinajstić information content (AvgIpc) is 2.59. The predicted octanol–water partition coefficient (Wildman–Crippen LogP) is 3.68. The van der Waals surface area contributed by atoms with Crippen LogP contribution in [0.4, 0.5) is 10.1 Å². The van der Waals surface area contributed by atoms with Crippen molar-refractivity contribution in [3.63, 3.8) is 0 Å². The number of hydrogen-bond acceptors (Lipinski definition) is 4. The summed E-state index contributed by atoms with van der Waals surface area (Å²) in [6.45, 7) is -0.482. The molecular formula is C18H15ClFNO4. The number of methoxy groups -OCH3 is 1. The van der Waals surface area contributed by atoms with Crippen molar-refractivity contribution in [2.45, 2.75) is 0 Å². The Balaban J connectivity index is 1.84. The molecule has 0 saturated carbocycles. The van der Waals surface area contributed by atoms with Gasteiger partial charge in [0.2, 0.25) is 0 Å².